The first-order valence-electron chi connectivity index (χ1n) is 6.88. The van der Waals surface area contributed by atoms with Crippen molar-refractivity contribution in [2.24, 2.45) is 11.1 Å². The van der Waals surface area contributed by atoms with E-state index in [-0.39, 0.29) is 16.9 Å². The molecule has 4 bridgehead atoms. The lowest BCUT2D eigenvalue weighted by Crippen LogP contribution is -2.80. The van der Waals surface area contributed by atoms with Crippen molar-refractivity contribution in [2.75, 3.05) is 32.8 Å². The summed E-state index contributed by atoms with van der Waals surface area (Å²) in [6.07, 6.45) is 0. The third-order valence-electron chi connectivity index (χ3n) is 5.28. The van der Waals surface area contributed by atoms with Gasteiger partial charge in [0.15, 0.2) is 0 Å². The Morgan fingerprint density at radius 1 is 1.06 bits per heavy atom. The van der Waals surface area contributed by atoms with Gasteiger partial charge in [-0.15, -0.1) is 0 Å². The Hall–Kier alpha value is -0.900. The van der Waals surface area contributed by atoms with E-state index in [2.05, 4.69) is 47.1 Å². The summed E-state index contributed by atoms with van der Waals surface area (Å²) in [5, 5.41) is 0. The summed E-state index contributed by atoms with van der Waals surface area (Å²) in [4.78, 5) is 5.17. The van der Waals surface area contributed by atoms with Crippen LogP contribution in [0.1, 0.15) is 12.5 Å². The maximum atomic E-state index is 6.71. The van der Waals surface area contributed by atoms with Gasteiger partial charge in [-0.2, -0.15) is 0 Å². The molecule has 4 heterocycles. The van der Waals surface area contributed by atoms with E-state index in [4.69, 9.17) is 5.73 Å². The van der Waals surface area contributed by atoms with Gasteiger partial charge in [-0.3, -0.25) is 9.80 Å². The highest BCUT2D eigenvalue weighted by atomic mass is 15.4. The second-order valence-electron chi connectivity index (χ2n) is 6.77. The fourth-order valence-electron chi connectivity index (χ4n) is 4.71. The van der Waals surface area contributed by atoms with Gasteiger partial charge < -0.3 is 5.73 Å². The highest BCUT2D eigenvalue weighted by Gasteiger charge is 2.60. The van der Waals surface area contributed by atoms with Crippen LogP contribution >= 0.6 is 0 Å². The van der Waals surface area contributed by atoms with Gasteiger partial charge in [-0.25, -0.2) is 0 Å². The summed E-state index contributed by atoms with van der Waals surface area (Å²) < 4.78 is 0. The number of nitrogens with two attached hydrogens (primary N) is 1. The zero-order chi connectivity index (χ0) is 12.4. The van der Waals surface area contributed by atoms with Gasteiger partial charge in [0.25, 0.3) is 0 Å². The van der Waals surface area contributed by atoms with Crippen molar-refractivity contribution in [1.82, 2.24) is 9.80 Å². The number of hydrogen-bond donors (Lipinski definition) is 1. The fraction of sp³-hybridized carbons (Fsp3) is 0.600. The van der Waals surface area contributed by atoms with E-state index in [1.807, 2.05) is 0 Å². The summed E-state index contributed by atoms with van der Waals surface area (Å²) in [6.45, 7) is 8.09. The van der Waals surface area contributed by atoms with Gasteiger partial charge in [0.1, 0.15) is 0 Å². The van der Waals surface area contributed by atoms with Gasteiger partial charge in [0, 0.05) is 43.1 Å². The molecule has 3 unspecified atom stereocenters. The summed E-state index contributed by atoms with van der Waals surface area (Å²) in [5.74, 6) is 0. The molecule has 0 spiro atoms. The van der Waals surface area contributed by atoms with Gasteiger partial charge >= 0.3 is 0 Å². The maximum absolute atomic E-state index is 6.71. The molecule has 0 radical (unpaired) electrons. The molecule has 18 heavy (non-hydrogen) atoms. The van der Waals surface area contributed by atoms with Crippen LogP contribution in [0.4, 0.5) is 0 Å². The SMILES string of the molecule is CC12CN3CN(C1)CC(c1ccccc1)(C3)C2N. The number of hydrogen-bond acceptors (Lipinski definition) is 3. The van der Waals surface area contributed by atoms with Gasteiger partial charge in [0.2, 0.25) is 0 Å². The number of nitrogens with zero attached hydrogens (tertiary/aromatic N) is 2. The molecule has 0 amide bonds. The lowest BCUT2D eigenvalue weighted by molar-refractivity contribution is -0.142. The molecule has 3 atom stereocenters. The quantitative estimate of drug-likeness (QED) is 0.794. The van der Waals surface area contributed by atoms with Crippen molar-refractivity contribution in [1.29, 1.82) is 0 Å². The minimum atomic E-state index is 0.144. The molecule has 96 valence electrons. The zero-order valence-electron chi connectivity index (χ0n) is 11.0. The van der Waals surface area contributed by atoms with Gasteiger partial charge in [-0.1, -0.05) is 37.3 Å². The first kappa shape index (κ1) is 11.0. The highest BCUT2D eigenvalue weighted by Crippen LogP contribution is 2.49. The Bertz CT molecular complexity index is 456. The second-order valence-corrected chi connectivity index (χ2v) is 6.77. The summed E-state index contributed by atoms with van der Waals surface area (Å²) in [5.41, 5.74) is 8.54. The summed E-state index contributed by atoms with van der Waals surface area (Å²) in [6, 6.07) is 11.2. The predicted molar refractivity (Wildman–Crippen MR) is 72.2 cm³/mol. The first-order valence-corrected chi connectivity index (χ1v) is 6.88. The number of rotatable bonds is 1. The van der Waals surface area contributed by atoms with Crippen molar-refractivity contribution >= 4 is 0 Å². The van der Waals surface area contributed by atoms with E-state index >= 15 is 0 Å². The minimum Gasteiger partial charge on any atom is -0.326 e. The van der Waals surface area contributed by atoms with Crippen LogP contribution in [0, 0.1) is 5.41 Å². The predicted octanol–water partition coefficient (Wildman–Crippen LogP) is 0.860. The van der Waals surface area contributed by atoms with E-state index in [0.717, 1.165) is 19.8 Å². The van der Waals surface area contributed by atoms with Gasteiger partial charge in [-0.05, 0) is 5.56 Å². The summed E-state index contributed by atoms with van der Waals surface area (Å²) in [7, 11) is 0. The van der Waals surface area contributed by atoms with Crippen LogP contribution in [0.25, 0.3) is 0 Å². The van der Waals surface area contributed by atoms with Crippen LogP contribution < -0.4 is 5.73 Å². The number of piperidine rings is 2. The van der Waals surface area contributed by atoms with Crippen LogP contribution in [-0.2, 0) is 5.41 Å². The fourth-order valence-corrected chi connectivity index (χ4v) is 4.71. The lowest BCUT2D eigenvalue weighted by atomic mass is 9.57. The molecule has 0 aliphatic carbocycles. The Kier molecular flexibility index (Phi) is 2.04. The highest BCUT2D eigenvalue weighted by molar-refractivity contribution is 5.34. The normalized spacial score (nSPS) is 49.6. The molecule has 4 fully saturated rings. The molecular formula is C15H21N3. The molecule has 2 N–H and O–H groups in total. The number of benzene rings is 1. The molecule has 4 aliphatic rings. The summed E-state index contributed by atoms with van der Waals surface area (Å²) >= 11 is 0. The van der Waals surface area contributed by atoms with Gasteiger partial charge in [0.05, 0.1) is 6.67 Å². The molecule has 4 saturated heterocycles. The second kappa shape index (κ2) is 3.35. The molecule has 0 saturated carbocycles. The standard InChI is InChI=1S/C15H21N3/c1-14-7-17-9-15(13(14)16,10-18(8-14)11-17)12-5-3-2-4-6-12/h2-6,13H,7-11,16H2,1H3. The molecule has 0 aromatic heterocycles. The van der Waals surface area contributed by atoms with Crippen molar-refractivity contribution in [3.63, 3.8) is 0 Å². The van der Waals surface area contributed by atoms with E-state index in [1.54, 1.807) is 0 Å². The van der Waals surface area contributed by atoms with Crippen molar-refractivity contribution in [3.8, 4) is 0 Å². The van der Waals surface area contributed by atoms with Crippen molar-refractivity contribution in [3.05, 3.63) is 35.9 Å². The molecule has 4 aliphatic heterocycles. The molecule has 3 nitrogen and oxygen atoms in total. The van der Waals surface area contributed by atoms with Crippen LogP contribution in [-0.4, -0.2) is 48.7 Å². The average molecular weight is 243 g/mol. The molecule has 3 heteroatoms. The smallest absolute Gasteiger partial charge is 0.0507 e. The molecular weight excluding hydrogens is 222 g/mol. The van der Waals surface area contributed by atoms with Crippen molar-refractivity contribution in [2.45, 2.75) is 18.4 Å². The monoisotopic (exact) mass is 243 g/mol. The largest absolute Gasteiger partial charge is 0.326 e. The van der Waals surface area contributed by atoms with E-state index in [0.29, 0.717) is 0 Å². The van der Waals surface area contributed by atoms with E-state index in [9.17, 15) is 0 Å². The Labute approximate surface area is 109 Å². The maximum Gasteiger partial charge on any atom is 0.0507 e. The Balaban J connectivity index is 1.85. The third-order valence-corrected chi connectivity index (χ3v) is 5.28. The van der Waals surface area contributed by atoms with Crippen LogP contribution in [0.2, 0.25) is 0 Å². The molecule has 1 aromatic rings. The van der Waals surface area contributed by atoms with E-state index < -0.39 is 0 Å². The first-order chi connectivity index (χ1) is 8.62. The van der Waals surface area contributed by atoms with Crippen LogP contribution in [0.15, 0.2) is 30.3 Å². The Morgan fingerprint density at radius 2 is 1.67 bits per heavy atom. The van der Waals surface area contributed by atoms with Crippen LogP contribution in [0.3, 0.4) is 0 Å². The molecule has 1 aromatic carbocycles. The topological polar surface area (TPSA) is 32.5 Å². The third kappa shape index (κ3) is 1.25. The van der Waals surface area contributed by atoms with E-state index in [1.165, 1.54) is 18.7 Å². The molecule has 5 rings (SSSR count). The van der Waals surface area contributed by atoms with Crippen molar-refractivity contribution < 1.29 is 0 Å². The van der Waals surface area contributed by atoms with Crippen LogP contribution in [0.5, 0.6) is 0 Å². The average Bonchev–Trinajstić information content (AvgIpc) is 2.36. The lowest BCUT2D eigenvalue weighted by Gasteiger charge is -2.67. The minimum absolute atomic E-state index is 0.144. The Morgan fingerprint density at radius 3 is 2.28 bits per heavy atom. The zero-order valence-corrected chi connectivity index (χ0v) is 11.0.